The molecule has 3 rings (SSSR count). The Morgan fingerprint density at radius 3 is 2.56 bits per heavy atom. The highest BCUT2D eigenvalue weighted by Crippen LogP contribution is 2.28. The van der Waals surface area contributed by atoms with Crippen LogP contribution in [0.4, 0.5) is 11.4 Å². The van der Waals surface area contributed by atoms with Crippen LogP contribution < -0.4 is 15.5 Å². The average molecular weight is 392 g/mol. The third-order valence-electron chi connectivity index (χ3n) is 4.07. The molecule has 0 radical (unpaired) electrons. The normalized spacial score (nSPS) is 13.7. The molecule has 1 heterocycles. The van der Waals surface area contributed by atoms with Gasteiger partial charge in [0.25, 0.3) is 0 Å². The van der Waals surface area contributed by atoms with Gasteiger partial charge in [-0.05, 0) is 61.5 Å². The lowest BCUT2D eigenvalue weighted by Gasteiger charge is -2.22. The summed E-state index contributed by atoms with van der Waals surface area (Å²) in [6.07, 6.45) is 2.53. The third-order valence-corrected chi connectivity index (χ3v) is 5.58. The molecule has 25 heavy (non-hydrogen) atoms. The van der Waals surface area contributed by atoms with Crippen molar-refractivity contribution in [3.05, 3.63) is 53.6 Å². The van der Waals surface area contributed by atoms with Crippen molar-refractivity contribution in [2.24, 2.45) is 0 Å². The predicted molar refractivity (Wildman–Crippen MR) is 114 cm³/mol. The van der Waals surface area contributed by atoms with E-state index >= 15 is 0 Å². The SMILES string of the molecule is S=C(NCCSc1ccc(Cl)cc1)Nc1ccccc1N1CCCC1. The smallest absolute Gasteiger partial charge is 0.170 e. The van der Waals surface area contributed by atoms with Gasteiger partial charge >= 0.3 is 0 Å². The Hall–Kier alpha value is -1.43. The van der Waals surface area contributed by atoms with E-state index in [0.29, 0.717) is 5.11 Å². The predicted octanol–water partition coefficient (Wildman–Crippen LogP) is 5.02. The van der Waals surface area contributed by atoms with Gasteiger partial charge in [0, 0.05) is 35.3 Å². The molecule has 1 fully saturated rings. The van der Waals surface area contributed by atoms with Gasteiger partial charge in [0.15, 0.2) is 5.11 Å². The van der Waals surface area contributed by atoms with Crippen molar-refractivity contribution in [2.45, 2.75) is 17.7 Å². The van der Waals surface area contributed by atoms with Crippen LogP contribution in [0.3, 0.4) is 0 Å². The summed E-state index contributed by atoms with van der Waals surface area (Å²) in [6, 6.07) is 16.3. The summed E-state index contributed by atoms with van der Waals surface area (Å²) in [6.45, 7) is 3.05. The standard InChI is InChI=1S/C19H22ClN3S2/c20-15-7-9-16(10-8-15)25-14-11-21-19(24)22-17-5-1-2-6-18(17)23-12-3-4-13-23/h1-2,5-10H,3-4,11-14H2,(H2,21,22,24). The zero-order chi connectivity index (χ0) is 17.5. The topological polar surface area (TPSA) is 27.3 Å². The van der Waals surface area contributed by atoms with E-state index in [1.54, 1.807) is 11.8 Å². The van der Waals surface area contributed by atoms with E-state index in [2.05, 4.69) is 33.7 Å². The van der Waals surface area contributed by atoms with Crippen LogP contribution in [0.5, 0.6) is 0 Å². The molecule has 6 heteroatoms. The maximum absolute atomic E-state index is 5.90. The summed E-state index contributed by atoms with van der Waals surface area (Å²) in [7, 11) is 0. The fourth-order valence-corrected chi connectivity index (χ4v) is 3.95. The Balaban J connectivity index is 1.45. The number of thiocarbonyl (C=S) groups is 1. The number of nitrogens with zero attached hydrogens (tertiary/aromatic N) is 1. The molecule has 0 aliphatic carbocycles. The first kappa shape index (κ1) is 18.4. The van der Waals surface area contributed by atoms with E-state index in [9.17, 15) is 0 Å². The fraction of sp³-hybridized carbons (Fsp3) is 0.316. The molecule has 0 bridgehead atoms. The number of rotatable bonds is 6. The minimum atomic E-state index is 0.670. The number of hydrogen-bond acceptors (Lipinski definition) is 3. The van der Waals surface area contributed by atoms with Crippen LogP contribution >= 0.6 is 35.6 Å². The molecule has 1 aliphatic heterocycles. The van der Waals surface area contributed by atoms with Crippen molar-refractivity contribution in [1.82, 2.24) is 5.32 Å². The van der Waals surface area contributed by atoms with Crippen LogP contribution in [0.15, 0.2) is 53.4 Å². The fourth-order valence-electron chi connectivity index (χ4n) is 2.84. The molecule has 1 aliphatic rings. The molecule has 2 aromatic rings. The van der Waals surface area contributed by atoms with Crippen LogP contribution in [-0.4, -0.2) is 30.5 Å². The first-order valence-electron chi connectivity index (χ1n) is 8.49. The zero-order valence-corrected chi connectivity index (χ0v) is 16.4. The van der Waals surface area contributed by atoms with Crippen molar-refractivity contribution in [3.8, 4) is 0 Å². The Labute approximate surface area is 164 Å². The second-order valence-corrected chi connectivity index (χ2v) is 7.91. The highest BCUT2D eigenvalue weighted by Gasteiger charge is 2.15. The molecule has 0 spiro atoms. The van der Waals surface area contributed by atoms with Crippen LogP contribution in [0, 0.1) is 0 Å². The van der Waals surface area contributed by atoms with Crippen molar-refractivity contribution in [3.63, 3.8) is 0 Å². The first-order chi connectivity index (χ1) is 12.2. The second-order valence-electron chi connectivity index (χ2n) is 5.89. The largest absolute Gasteiger partial charge is 0.370 e. The van der Waals surface area contributed by atoms with Crippen molar-refractivity contribution in [1.29, 1.82) is 0 Å². The van der Waals surface area contributed by atoms with Gasteiger partial charge in [0.05, 0.1) is 11.4 Å². The number of thioether (sulfide) groups is 1. The summed E-state index contributed by atoms with van der Waals surface area (Å²) in [5, 5.41) is 8.07. The van der Waals surface area contributed by atoms with Gasteiger partial charge in [-0.1, -0.05) is 23.7 Å². The maximum Gasteiger partial charge on any atom is 0.170 e. The number of hydrogen-bond donors (Lipinski definition) is 2. The lowest BCUT2D eigenvalue weighted by molar-refractivity contribution is 0.949. The van der Waals surface area contributed by atoms with Crippen molar-refractivity contribution in [2.75, 3.05) is 35.6 Å². The molecule has 1 saturated heterocycles. The third kappa shape index (κ3) is 5.53. The summed E-state index contributed by atoms with van der Waals surface area (Å²) < 4.78 is 0. The van der Waals surface area contributed by atoms with Gasteiger partial charge < -0.3 is 15.5 Å². The van der Waals surface area contributed by atoms with E-state index in [1.165, 1.54) is 23.4 Å². The Bertz CT molecular complexity index is 700. The molecule has 2 aromatic carbocycles. The average Bonchev–Trinajstić information content (AvgIpc) is 3.15. The first-order valence-corrected chi connectivity index (χ1v) is 10.3. The molecule has 132 valence electrons. The van der Waals surface area contributed by atoms with E-state index in [0.717, 1.165) is 36.1 Å². The molecule has 0 aromatic heterocycles. The number of halogens is 1. The molecular formula is C19H22ClN3S2. The van der Waals surface area contributed by atoms with Gasteiger partial charge in [0.1, 0.15) is 0 Å². The Morgan fingerprint density at radius 2 is 1.80 bits per heavy atom. The molecule has 0 atom stereocenters. The molecule has 0 saturated carbocycles. The van der Waals surface area contributed by atoms with Gasteiger partial charge in [-0.3, -0.25) is 0 Å². The highest BCUT2D eigenvalue weighted by molar-refractivity contribution is 7.99. The van der Waals surface area contributed by atoms with E-state index in [1.807, 2.05) is 30.3 Å². The van der Waals surface area contributed by atoms with Gasteiger partial charge in [-0.2, -0.15) is 0 Å². The number of benzene rings is 2. The van der Waals surface area contributed by atoms with E-state index < -0.39 is 0 Å². The van der Waals surface area contributed by atoms with Crippen molar-refractivity contribution >= 4 is 52.1 Å². The van der Waals surface area contributed by atoms with Crippen LogP contribution in [0.25, 0.3) is 0 Å². The van der Waals surface area contributed by atoms with Gasteiger partial charge in [-0.25, -0.2) is 0 Å². The van der Waals surface area contributed by atoms with Crippen LogP contribution in [0.2, 0.25) is 5.02 Å². The summed E-state index contributed by atoms with van der Waals surface area (Å²) in [5.74, 6) is 0.942. The maximum atomic E-state index is 5.90. The number of anilines is 2. The quantitative estimate of drug-likeness (QED) is 0.409. The summed E-state index contributed by atoms with van der Waals surface area (Å²) >= 11 is 13.1. The lowest BCUT2D eigenvalue weighted by atomic mass is 10.2. The molecule has 3 nitrogen and oxygen atoms in total. The molecular weight excluding hydrogens is 370 g/mol. The molecule has 0 amide bonds. The number of nitrogens with one attached hydrogen (secondary N) is 2. The molecule has 2 N–H and O–H groups in total. The minimum Gasteiger partial charge on any atom is -0.370 e. The Morgan fingerprint density at radius 1 is 1.08 bits per heavy atom. The zero-order valence-electron chi connectivity index (χ0n) is 14.0. The molecule has 0 unspecified atom stereocenters. The van der Waals surface area contributed by atoms with Crippen LogP contribution in [0.1, 0.15) is 12.8 Å². The lowest BCUT2D eigenvalue weighted by Crippen LogP contribution is -2.31. The highest BCUT2D eigenvalue weighted by atomic mass is 35.5. The number of para-hydroxylation sites is 2. The summed E-state index contributed by atoms with van der Waals surface area (Å²) in [5.41, 5.74) is 2.31. The minimum absolute atomic E-state index is 0.670. The van der Waals surface area contributed by atoms with Crippen LogP contribution in [-0.2, 0) is 0 Å². The van der Waals surface area contributed by atoms with E-state index in [-0.39, 0.29) is 0 Å². The van der Waals surface area contributed by atoms with Gasteiger partial charge in [-0.15, -0.1) is 11.8 Å². The monoisotopic (exact) mass is 391 g/mol. The Kier molecular flexibility index (Phi) is 6.84. The van der Waals surface area contributed by atoms with Gasteiger partial charge in [0.2, 0.25) is 0 Å². The van der Waals surface area contributed by atoms with Crippen molar-refractivity contribution < 1.29 is 0 Å². The summed E-state index contributed by atoms with van der Waals surface area (Å²) in [4.78, 5) is 3.63. The second kappa shape index (κ2) is 9.32. The van der Waals surface area contributed by atoms with E-state index in [4.69, 9.17) is 23.8 Å².